The van der Waals surface area contributed by atoms with E-state index in [4.69, 9.17) is 10.8 Å². The number of nitrogens with zero attached hydrogens (tertiary/aromatic N) is 6. The summed E-state index contributed by atoms with van der Waals surface area (Å²) in [4.78, 5) is 24.5. The molecule has 0 spiro atoms. The Hall–Kier alpha value is -3.56. The molecule has 0 saturated carbocycles. The van der Waals surface area contributed by atoms with Gasteiger partial charge in [0, 0.05) is 29.5 Å². The van der Waals surface area contributed by atoms with E-state index in [9.17, 15) is 9.90 Å². The van der Waals surface area contributed by atoms with Crippen LogP contribution >= 0.6 is 0 Å². The number of fused-ring (bicyclic) bond motifs is 1. The van der Waals surface area contributed by atoms with Gasteiger partial charge in [-0.25, -0.2) is 18.9 Å². The number of hydrogen-bond donors (Lipinski definition) is 2. The summed E-state index contributed by atoms with van der Waals surface area (Å²) in [7, 11) is 1.94. The molecule has 9 nitrogen and oxygen atoms in total. The van der Waals surface area contributed by atoms with E-state index >= 15 is 0 Å². The SMILES string of the molecule is Cc1cc(-c2c(-c3ccccc3)nc(N)n3c(=O)n(C[C@@H]4C[C@H](O)CN4C)nc23)cc(C)n1. The van der Waals surface area contributed by atoms with Gasteiger partial charge in [0.1, 0.15) is 0 Å². The molecule has 5 rings (SSSR count). The van der Waals surface area contributed by atoms with Crippen molar-refractivity contribution in [2.45, 2.75) is 39.0 Å². The van der Waals surface area contributed by atoms with Crippen molar-refractivity contribution in [2.75, 3.05) is 19.3 Å². The van der Waals surface area contributed by atoms with Crippen molar-refractivity contribution in [3.63, 3.8) is 0 Å². The van der Waals surface area contributed by atoms with Gasteiger partial charge >= 0.3 is 5.69 Å². The maximum absolute atomic E-state index is 13.3. The van der Waals surface area contributed by atoms with Crippen molar-refractivity contribution in [3.05, 3.63) is 64.3 Å². The standard InChI is InChI=1S/C24H27N7O2/c1-14-9-17(10-15(2)26-14)20-21(16-7-5-4-6-8-16)27-23(25)31-22(20)28-30(24(31)33)12-18-11-19(32)13-29(18)3/h4-10,18-19,32H,11-13H2,1-3H3,(H2,25,27)/t18-,19-/m0/s1. The smallest absolute Gasteiger partial charge is 0.353 e. The molecule has 1 aliphatic rings. The van der Waals surface area contributed by atoms with Gasteiger partial charge in [-0.05, 0) is 45.0 Å². The van der Waals surface area contributed by atoms with Crippen molar-refractivity contribution in [3.8, 4) is 22.4 Å². The lowest BCUT2D eigenvalue weighted by Crippen LogP contribution is -2.34. The van der Waals surface area contributed by atoms with Crippen LogP contribution < -0.4 is 11.4 Å². The van der Waals surface area contributed by atoms with Crippen LogP contribution in [-0.2, 0) is 6.54 Å². The molecule has 4 aromatic rings. The minimum absolute atomic E-state index is 0.0132. The molecule has 33 heavy (non-hydrogen) atoms. The predicted octanol–water partition coefficient (Wildman–Crippen LogP) is 1.88. The summed E-state index contributed by atoms with van der Waals surface area (Å²) in [6.45, 7) is 4.82. The second kappa shape index (κ2) is 8.09. The summed E-state index contributed by atoms with van der Waals surface area (Å²) in [6.07, 6.45) is 0.192. The van der Waals surface area contributed by atoms with Crippen molar-refractivity contribution in [2.24, 2.45) is 0 Å². The molecule has 0 bridgehead atoms. The molecule has 1 fully saturated rings. The van der Waals surface area contributed by atoms with E-state index in [2.05, 4.69) is 14.9 Å². The molecule has 4 heterocycles. The number of β-amino-alcohol motifs (C(OH)–C–C–N with tert-alkyl or cyclic N) is 1. The number of nitrogen functional groups attached to an aromatic ring is 1. The maximum Gasteiger partial charge on any atom is 0.353 e. The molecule has 0 radical (unpaired) electrons. The summed E-state index contributed by atoms with van der Waals surface area (Å²) in [5, 5.41) is 14.8. The number of benzene rings is 1. The lowest BCUT2D eigenvalue weighted by atomic mass is 9.99. The highest BCUT2D eigenvalue weighted by Crippen LogP contribution is 2.34. The van der Waals surface area contributed by atoms with Gasteiger partial charge in [-0.15, -0.1) is 5.10 Å². The third-order valence-electron chi connectivity index (χ3n) is 6.22. The van der Waals surface area contributed by atoms with Crippen LogP contribution in [0.4, 0.5) is 5.95 Å². The quantitative estimate of drug-likeness (QED) is 0.493. The van der Waals surface area contributed by atoms with Gasteiger partial charge in [0.2, 0.25) is 5.95 Å². The zero-order valence-corrected chi connectivity index (χ0v) is 18.9. The summed E-state index contributed by atoms with van der Waals surface area (Å²) in [5.41, 5.74) is 11.3. The molecule has 170 valence electrons. The second-order valence-electron chi connectivity index (χ2n) is 8.80. The number of aromatic nitrogens is 5. The van der Waals surface area contributed by atoms with Gasteiger partial charge < -0.3 is 10.8 Å². The third-order valence-corrected chi connectivity index (χ3v) is 6.22. The Morgan fingerprint density at radius 1 is 1.09 bits per heavy atom. The monoisotopic (exact) mass is 445 g/mol. The van der Waals surface area contributed by atoms with Crippen molar-refractivity contribution < 1.29 is 5.11 Å². The van der Waals surface area contributed by atoms with E-state index in [1.165, 1.54) is 9.08 Å². The number of aliphatic hydroxyl groups excluding tert-OH is 1. The van der Waals surface area contributed by atoms with Crippen LogP contribution in [0.1, 0.15) is 17.8 Å². The van der Waals surface area contributed by atoms with E-state index in [-0.39, 0.29) is 17.7 Å². The van der Waals surface area contributed by atoms with Crippen LogP contribution in [0.25, 0.3) is 28.0 Å². The summed E-state index contributed by atoms with van der Waals surface area (Å²) in [6, 6.07) is 13.7. The van der Waals surface area contributed by atoms with Crippen molar-refractivity contribution in [1.29, 1.82) is 0 Å². The van der Waals surface area contributed by atoms with Gasteiger partial charge in [0.15, 0.2) is 5.65 Å². The minimum Gasteiger partial charge on any atom is -0.392 e. The number of likely N-dealkylation sites (N-methyl/N-ethyl adjacent to an activating group) is 1. The van der Waals surface area contributed by atoms with Gasteiger partial charge in [-0.2, -0.15) is 0 Å². The van der Waals surface area contributed by atoms with E-state index in [0.717, 1.165) is 28.1 Å². The third kappa shape index (κ3) is 3.79. The Kier molecular flexibility index (Phi) is 5.22. The molecule has 1 aliphatic heterocycles. The average Bonchev–Trinajstić information content (AvgIpc) is 3.26. The number of aliphatic hydroxyl groups is 1. The Labute approximate surface area is 191 Å². The Morgan fingerprint density at radius 2 is 1.79 bits per heavy atom. The van der Waals surface area contributed by atoms with E-state index in [0.29, 0.717) is 30.9 Å². The lowest BCUT2D eigenvalue weighted by Gasteiger charge is -2.17. The number of likely N-dealkylation sites (tertiary alicyclic amines) is 1. The zero-order valence-electron chi connectivity index (χ0n) is 18.9. The highest BCUT2D eigenvalue weighted by Gasteiger charge is 2.30. The summed E-state index contributed by atoms with van der Waals surface area (Å²) in [5.74, 6) is 0.0890. The van der Waals surface area contributed by atoms with Crippen LogP contribution in [-0.4, -0.2) is 59.9 Å². The maximum atomic E-state index is 13.3. The molecule has 1 aromatic carbocycles. The minimum atomic E-state index is -0.400. The lowest BCUT2D eigenvalue weighted by molar-refractivity contribution is 0.182. The molecule has 3 N–H and O–H groups in total. The Balaban J connectivity index is 1.77. The Bertz CT molecular complexity index is 1370. The van der Waals surface area contributed by atoms with Gasteiger partial charge in [0.05, 0.1) is 23.9 Å². The van der Waals surface area contributed by atoms with Crippen LogP contribution in [0.3, 0.4) is 0 Å². The van der Waals surface area contributed by atoms with Gasteiger partial charge in [0.25, 0.3) is 0 Å². The molecule has 0 unspecified atom stereocenters. The molecular weight excluding hydrogens is 418 g/mol. The average molecular weight is 446 g/mol. The summed E-state index contributed by atoms with van der Waals surface area (Å²) >= 11 is 0. The molecule has 0 amide bonds. The van der Waals surface area contributed by atoms with Crippen LogP contribution in [0, 0.1) is 13.8 Å². The normalized spacial score (nSPS) is 18.9. The number of rotatable bonds is 4. The summed E-state index contributed by atoms with van der Waals surface area (Å²) < 4.78 is 2.81. The molecule has 2 atom stereocenters. The highest BCUT2D eigenvalue weighted by molar-refractivity contribution is 5.90. The molecule has 0 aliphatic carbocycles. The first-order chi connectivity index (χ1) is 15.8. The number of aryl methyl sites for hydroxylation is 2. The van der Waals surface area contributed by atoms with Crippen LogP contribution in [0.15, 0.2) is 47.3 Å². The van der Waals surface area contributed by atoms with Crippen molar-refractivity contribution >= 4 is 11.6 Å². The first-order valence-corrected chi connectivity index (χ1v) is 11.0. The Morgan fingerprint density at radius 3 is 2.42 bits per heavy atom. The first-order valence-electron chi connectivity index (χ1n) is 11.0. The molecule has 3 aromatic heterocycles. The van der Waals surface area contributed by atoms with E-state index in [1.807, 2.05) is 63.4 Å². The fourth-order valence-corrected chi connectivity index (χ4v) is 4.73. The number of nitrogens with two attached hydrogens (primary N) is 1. The second-order valence-corrected chi connectivity index (χ2v) is 8.80. The fraction of sp³-hybridized carbons (Fsp3) is 0.333. The van der Waals surface area contributed by atoms with E-state index < -0.39 is 6.10 Å². The zero-order chi connectivity index (χ0) is 23.3. The predicted molar refractivity (Wildman–Crippen MR) is 127 cm³/mol. The van der Waals surface area contributed by atoms with E-state index in [1.54, 1.807) is 0 Å². The van der Waals surface area contributed by atoms with Gasteiger partial charge in [-0.1, -0.05) is 30.3 Å². The molecule has 1 saturated heterocycles. The van der Waals surface area contributed by atoms with Gasteiger partial charge in [-0.3, -0.25) is 9.88 Å². The number of anilines is 1. The molecular formula is C24H27N7O2. The number of pyridine rings is 1. The first kappa shape index (κ1) is 21.3. The number of hydrogen-bond acceptors (Lipinski definition) is 7. The van der Waals surface area contributed by atoms with Crippen LogP contribution in [0.5, 0.6) is 0 Å². The fourth-order valence-electron chi connectivity index (χ4n) is 4.73. The highest BCUT2D eigenvalue weighted by atomic mass is 16.3. The van der Waals surface area contributed by atoms with Crippen molar-refractivity contribution in [1.82, 2.24) is 29.0 Å². The van der Waals surface area contributed by atoms with Crippen LogP contribution in [0.2, 0.25) is 0 Å². The topological polar surface area (TPSA) is 115 Å². The largest absolute Gasteiger partial charge is 0.392 e. The molecule has 9 heteroatoms.